The molecule has 18 heavy (non-hydrogen) atoms. The molecule has 0 radical (unpaired) electrons. The quantitative estimate of drug-likeness (QED) is 0.902. The summed E-state index contributed by atoms with van der Waals surface area (Å²) in [5.74, 6) is 2.84. The number of rotatable bonds is 3. The molecule has 3 heteroatoms. The fourth-order valence-corrected chi connectivity index (χ4v) is 2.37. The van der Waals surface area contributed by atoms with Crippen LogP contribution in [-0.4, -0.2) is 5.11 Å². The van der Waals surface area contributed by atoms with E-state index >= 15 is 0 Å². The standard InChI is InChI=1S/C15H15ClO2/c1-9-8-12(9)13-6-7-14(18-13)15(17)10-2-4-11(16)5-3-10/h2-7,9,12,15,17H,8H2,1H3. The van der Waals surface area contributed by atoms with E-state index in [1.165, 1.54) is 6.42 Å². The van der Waals surface area contributed by atoms with Crippen molar-refractivity contribution < 1.29 is 9.52 Å². The average Bonchev–Trinajstić information content (AvgIpc) is 2.92. The van der Waals surface area contributed by atoms with Crippen LogP contribution < -0.4 is 0 Å². The monoisotopic (exact) mass is 262 g/mol. The summed E-state index contributed by atoms with van der Waals surface area (Å²) in [5.41, 5.74) is 0.796. The molecule has 1 aliphatic rings. The molecule has 2 aromatic rings. The number of benzene rings is 1. The average molecular weight is 263 g/mol. The van der Waals surface area contributed by atoms with Crippen LogP contribution in [-0.2, 0) is 0 Å². The van der Waals surface area contributed by atoms with Crippen molar-refractivity contribution in [1.29, 1.82) is 0 Å². The second-order valence-electron chi connectivity index (χ2n) is 5.01. The van der Waals surface area contributed by atoms with Crippen LogP contribution in [0.4, 0.5) is 0 Å². The minimum atomic E-state index is -0.718. The molecule has 0 aliphatic heterocycles. The Balaban J connectivity index is 1.81. The van der Waals surface area contributed by atoms with E-state index in [0.29, 0.717) is 22.6 Å². The Kier molecular flexibility index (Phi) is 2.92. The van der Waals surface area contributed by atoms with Crippen LogP contribution in [0.25, 0.3) is 0 Å². The molecule has 1 fully saturated rings. The molecular formula is C15H15ClO2. The molecule has 3 atom stereocenters. The van der Waals surface area contributed by atoms with Gasteiger partial charge in [-0.2, -0.15) is 0 Å². The van der Waals surface area contributed by atoms with Gasteiger partial charge in [-0.3, -0.25) is 0 Å². The van der Waals surface area contributed by atoms with Crippen LogP contribution >= 0.6 is 11.6 Å². The Morgan fingerprint density at radius 2 is 1.89 bits per heavy atom. The fourth-order valence-electron chi connectivity index (χ4n) is 2.24. The molecular weight excluding hydrogens is 248 g/mol. The van der Waals surface area contributed by atoms with Crippen molar-refractivity contribution in [3.63, 3.8) is 0 Å². The molecule has 94 valence electrons. The Morgan fingerprint density at radius 3 is 2.50 bits per heavy atom. The van der Waals surface area contributed by atoms with Gasteiger partial charge in [-0.05, 0) is 42.2 Å². The van der Waals surface area contributed by atoms with Crippen LogP contribution in [0.15, 0.2) is 40.8 Å². The van der Waals surface area contributed by atoms with E-state index in [9.17, 15) is 5.11 Å². The van der Waals surface area contributed by atoms with Crippen LogP contribution in [0.3, 0.4) is 0 Å². The molecule has 0 bridgehead atoms. The third-order valence-corrected chi connectivity index (χ3v) is 3.83. The number of furan rings is 1. The molecule has 2 nitrogen and oxygen atoms in total. The maximum atomic E-state index is 10.2. The summed E-state index contributed by atoms with van der Waals surface area (Å²) in [6, 6.07) is 11.0. The highest BCUT2D eigenvalue weighted by molar-refractivity contribution is 6.30. The van der Waals surface area contributed by atoms with Crippen molar-refractivity contribution >= 4 is 11.6 Å². The van der Waals surface area contributed by atoms with E-state index in [1.807, 2.05) is 24.3 Å². The van der Waals surface area contributed by atoms with Gasteiger partial charge in [0.25, 0.3) is 0 Å². The number of aliphatic hydroxyl groups is 1. The van der Waals surface area contributed by atoms with Crippen molar-refractivity contribution in [3.8, 4) is 0 Å². The minimum Gasteiger partial charge on any atom is -0.463 e. The van der Waals surface area contributed by atoms with Crippen LogP contribution in [0.1, 0.15) is 42.5 Å². The van der Waals surface area contributed by atoms with E-state index in [4.69, 9.17) is 16.0 Å². The summed E-state index contributed by atoms with van der Waals surface area (Å²) in [6.07, 6.45) is 0.467. The zero-order valence-corrected chi connectivity index (χ0v) is 10.9. The lowest BCUT2D eigenvalue weighted by Crippen LogP contribution is -1.97. The van der Waals surface area contributed by atoms with Gasteiger partial charge >= 0.3 is 0 Å². The largest absolute Gasteiger partial charge is 0.463 e. The maximum Gasteiger partial charge on any atom is 0.137 e. The Morgan fingerprint density at radius 1 is 1.22 bits per heavy atom. The maximum absolute atomic E-state index is 10.2. The third kappa shape index (κ3) is 2.18. The Labute approximate surface area is 111 Å². The normalized spacial score (nSPS) is 23.9. The van der Waals surface area contributed by atoms with E-state index < -0.39 is 6.10 Å². The first-order chi connectivity index (χ1) is 8.65. The second kappa shape index (κ2) is 4.45. The first-order valence-electron chi connectivity index (χ1n) is 6.18. The van der Waals surface area contributed by atoms with Gasteiger partial charge in [0.15, 0.2) is 0 Å². The molecule has 1 saturated carbocycles. The summed E-state index contributed by atoms with van der Waals surface area (Å²) in [6.45, 7) is 2.21. The van der Waals surface area contributed by atoms with Crippen LogP contribution in [0.2, 0.25) is 5.02 Å². The summed E-state index contributed by atoms with van der Waals surface area (Å²) >= 11 is 5.83. The number of hydrogen-bond donors (Lipinski definition) is 1. The van der Waals surface area contributed by atoms with Crippen LogP contribution in [0, 0.1) is 5.92 Å². The molecule has 3 rings (SSSR count). The zero-order valence-electron chi connectivity index (χ0n) is 10.1. The van der Waals surface area contributed by atoms with Crippen molar-refractivity contribution in [3.05, 3.63) is 58.5 Å². The summed E-state index contributed by atoms with van der Waals surface area (Å²) < 4.78 is 5.74. The predicted molar refractivity (Wildman–Crippen MR) is 70.7 cm³/mol. The van der Waals surface area contributed by atoms with Crippen LogP contribution in [0.5, 0.6) is 0 Å². The highest BCUT2D eigenvalue weighted by Gasteiger charge is 2.36. The molecule has 1 aromatic carbocycles. The van der Waals surface area contributed by atoms with Gasteiger partial charge in [0.1, 0.15) is 17.6 Å². The summed E-state index contributed by atoms with van der Waals surface area (Å²) in [7, 11) is 0. The fraction of sp³-hybridized carbons (Fsp3) is 0.333. The first-order valence-corrected chi connectivity index (χ1v) is 6.56. The lowest BCUT2D eigenvalue weighted by Gasteiger charge is -2.08. The lowest BCUT2D eigenvalue weighted by atomic mass is 10.1. The molecule has 1 aliphatic carbocycles. The Bertz CT molecular complexity index is 544. The number of hydrogen-bond acceptors (Lipinski definition) is 2. The highest BCUT2D eigenvalue weighted by Crippen LogP contribution is 2.47. The molecule has 3 unspecified atom stereocenters. The second-order valence-corrected chi connectivity index (χ2v) is 5.45. The smallest absolute Gasteiger partial charge is 0.137 e. The van der Waals surface area contributed by atoms with Gasteiger partial charge in [-0.25, -0.2) is 0 Å². The molecule has 0 saturated heterocycles. The number of aliphatic hydroxyl groups excluding tert-OH is 1. The van der Waals surface area contributed by atoms with Gasteiger partial charge in [0.2, 0.25) is 0 Å². The van der Waals surface area contributed by atoms with E-state index in [2.05, 4.69) is 6.92 Å². The van der Waals surface area contributed by atoms with Gasteiger partial charge in [0.05, 0.1) is 0 Å². The van der Waals surface area contributed by atoms with E-state index in [1.54, 1.807) is 12.1 Å². The SMILES string of the molecule is CC1CC1c1ccc(C(O)c2ccc(Cl)cc2)o1. The summed E-state index contributed by atoms with van der Waals surface area (Å²) in [4.78, 5) is 0. The lowest BCUT2D eigenvalue weighted by molar-refractivity contribution is 0.186. The van der Waals surface area contributed by atoms with Crippen molar-refractivity contribution in [2.45, 2.75) is 25.4 Å². The minimum absolute atomic E-state index is 0.538. The highest BCUT2D eigenvalue weighted by atomic mass is 35.5. The van der Waals surface area contributed by atoms with Gasteiger partial charge in [-0.1, -0.05) is 30.7 Å². The van der Waals surface area contributed by atoms with Gasteiger partial charge < -0.3 is 9.52 Å². The molecule has 0 amide bonds. The van der Waals surface area contributed by atoms with Crippen molar-refractivity contribution in [2.75, 3.05) is 0 Å². The first kappa shape index (κ1) is 11.8. The van der Waals surface area contributed by atoms with E-state index in [0.717, 1.165) is 11.3 Å². The third-order valence-electron chi connectivity index (χ3n) is 3.58. The molecule has 1 aromatic heterocycles. The van der Waals surface area contributed by atoms with Crippen molar-refractivity contribution in [1.82, 2.24) is 0 Å². The topological polar surface area (TPSA) is 33.4 Å². The predicted octanol–water partition coefficient (Wildman–Crippen LogP) is 4.14. The molecule has 1 N–H and O–H groups in total. The number of halogens is 1. The van der Waals surface area contributed by atoms with E-state index in [-0.39, 0.29) is 0 Å². The summed E-state index contributed by atoms with van der Waals surface area (Å²) in [5, 5.41) is 10.9. The zero-order chi connectivity index (χ0) is 12.7. The van der Waals surface area contributed by atoms with Gasteiger partial charge in [0, 0.05) is 10.9 Å². The molecule has 0 spiro atoms. The Hall–Kier alpha value is -1.25. The van der Waals surface area contributed by atoms with Gasteiger partial charge in [-0.15, -0.1) is 0 Å². The molecule has 1 heterocycles. The van der Waals surface area contributed by atoms with Crippen molar-refractivity contribution in [2.24, 2.45) is 5.92 Å².